The standard InChI is InChI=1S/C23H21F3O4/c1-13-8-16(21(27)20(9-13)22(28)29)12-30-18-5-3-4-15(11-18)19-7-6-17(10-14(19)2)23(24,25)26/h3-11,14,19,27H,12H2,1-2H3,(H,28,29). The molecule has 0 radical (unpaired) electrons. The lowest BCUT2D eigenvalue weighted by Crippen LogP contribution is -2.17. The van der Waals surface area contributed by atoms with Gasteiger partial charge < -0.3 is 14.9 Å². The van der Waals surface area contributed by atoms with Crippen LogP contribution in [0.1, 0.15) is 39.9 Å². The Morgan fingerprint density at radius 3 is 2.57 bits per heavy atom. The van der Waals surface area contributed by atoms with E-state index in [1.807, 2.05) is 6.07 Å². The molecule has 0 aliphatic heterocycles. The van der Waals surface area contributed by atoms with Gasteiger partial charge in [-0.25, -0.2) is 4.79 Å². The maximum absolute atomic E-state index is 12.9. The Kier molecular flexibility index (Phi) is 5.92. The van der Waals surface area contributed by atoms with Crippen LogP contribution in [0.15, 0.2) is 60.2 Å². The molecule has 1 aliphatic carbocycles. The summed E-state index contributed by atoms with van der Waals surface area (Å²) in [6.45, 7) is 3.40. The SMILES string of the molecule is Cc1cc(COc2cccc(C3C=CC(C(F)(F)F)=CC3C)c2)c(O)c(C(=O)O)c1. The van der Waals surface area contributed by atoms with Gasteiger partial charge in [0.1, 0.15) is 23.7 Å². The maximum atomic E-state index is 12.9. The summed E-state index contributed by atoms with van der Waals surface area (Å²) in [7, 11) is 0. The Morgan fingerprint density at radius 2 is 1.93 bits per heavy atom. The first-order valence-corrected chi connectivity index (χ1v) is 9.32. The third-order valence-corrected chi connectivity index (χ3v) is 5.02. The van der Waals surface area contributed by atoms with Crippen molar-refractivity contribution in [2.24, 2.45) is 5.92 Å². The van der Waals surface area contributed by atoms with Crippen molar-refractivity contribution in [3.05, 3.63) is 82.5 Å². The first kappa shape index (κ1) is 21.5. The van der Waals surface area contributed by atoms with E-state index in [1.165, 1.54) is 18.2 Å². The summed E-state index contributed by atoms with van der Waals surface area (Å²) < 4.78 is 44.5. The van der Waals surface area contributed by atoms with Crippen molar-refractivity contribution in [1.82, 2.24) is 0 Å². The predicted octanol–water partition coefficient (Wildman–Crippen LogP) is 5.76. The van der Waals surface area contributed by atoms with E-state index in [0.717, 1.165) is 11.6 Å². The predicted molar refractivity (Wildman–Crippen MR) is 106 cm³/mol. The van der Waals surface area contributed by atoms with E-state index in [1.54, 1.807) is 38.1 Å². The number of aromatic carboxylic acids is 1. The molecule has 2 atom stereocenters. The Balaban J connectivity index is 1.77. The van der Waals surface area contributed by atoms with Crippen molar-refractivity contribution in [2.75, 3.05) is 0 Å². The lowest BCUT2D eigenvalue weighted by Gasteiger charge is -2.24. The van der Waals surface area contributed by atoms with Gasteiger partial charge in [-0.2, -0.15) is 13.2 Å². The fraction of sp³-hybridized carbons (Fsp3) is 0.261. The molecule has 30 heavy (non-hydrogen) atoms. The largest absolute Gasteiger partial charge is 0.507 e. The van der Waals surface area contributed by atoms with Gasteiger partial charge in [-0.05, 0) is 48.2 Å². The van der Waals surface area contributed by atoms with E-state index in [-0.39, 0.29) is 29.8 Å². The molecule has 7 heteroatoms. The van der Waals surface area contributed by atoms with E-state index < -0.39 is 17.7 Å². The molecule has 158 valence electrons. The van der Waals surface area contributed by atoms with Crippen LogP contribution in [0.5, 0.6) is 11.5 Å². The zero-order chi connectivity index (χ0) is 22.1. The number of aryl methyl sites for hydroxylation is 1. The molecule has 1 aliphatic rings. The summed E-state index contributed by atoms with van der Waals surface area (Å²) in [5, 5.41) is 19.4. The Labute approximate surface area is 171 Å². The first-order valence-electron chi connectivity index (χ1n) is 9.32. The average Bonchev–Trinajstić information content (AvgIpc) is 2.67. The second-order valence-corrected chi connectivity index (χ2v) is 7.35. The summed E-state index contributed by atoms with van der Waals surface area (Å²) in [5.41, 5.74) is 0.958. The van der Waals surface area contributed by atoms with Crippen molar-refractivity contribution in [3.63, 3.8) is 0 Å². The van der Waals surface area contributed by atoms with Crippen LogP contribution >= 0.6 is 0 Å². The van der Waals surface area contributed by atoms with Gasteiger partial charge in [-0.15, -0.1) is 0 Å². The van der Waals surface area contributed by atoms with E-state index in [4.69, 9.17) is 4.74 Å². The van der Waals surface area contributed by atoms with Gasteiger partial charge in [0, 0.05) is 11.5 Å². The van der Waals surface area contributed by atoms with Crippen molar-refractivity contribution < 1.29 is 32.9 Å². The highest BCUT2D eigenvalue weighted by atomic mass is 19.4. The smallest absolute Gasteiger partial charge is 0.416 e. The molecule has 0 aromatic heterocycles. The number of ether oxygens (including phenoxy) is 1. The molecule has 2 unspecified atom stereocenters. The first-order chi connectivity index (χ1) is 14.1. The highest BCUT2D eigenvalue weighted by Crippen LogP contribution is 2.38. The van der Waals surface area contributed by atoms with Crippen molar-refractivity contribution >= 4 is 5.97 Å². The van der Waals surface area contributed by atoms with Crippen LogP contribution in [0.2, 0.25) is 0 Å². The van der Waals surface area contributed by atoms with Gasteiger partial charge in [-0.1, -0.05) is 37.3 Å². The van der Waals surface area contributed by atoms with Crippen molar-refractivity contribution in [2.45, 2.75) is 32.5 Å². The zero-order valence-electron chi connectivity index (χ0n) is 16.4. The van der Waals surface area contributed by atoms with Crippen LogP contribution in [0.25, 0.3) is 0 Å². The molecule has 3 rings (SSSR count). The molecular weight excluding hydrogens is 397 g/mol. The van der Waals surface area contributed by atoms with E-state index in [2.05, 4.69) is 0 Å². The van der Waals surface area contributed by atoms with E-state index >= 15 is 0 Å². The molecule has 0 fully saturated rings. The quantitative estimate of drug-likeness (QED) is 0.648. The molecule has 0 saturated carbocycles. The van der Waals surface area contributed by atoms with Crippen LogP contribution in [0.3, 0.4) is 0 Å². The topological polar surface area (TPSA) is 66.8 Å². The lowest BCUT2D eigenvalue weighted by molar-refractivity contribution is -0.0889. The molecule has 0 saturated heterocycles. The summed E-state index contributed by atoms with van der Waals surface area (Å²) >= 11 is 0. The minimum absolute atomic E-state index is 0.0502. The van der Waals surface area contributed by atoms with E-state index in [0.29, 0.717) is 16.9 Å². The van der Waals surface area contributed by atoms with Crippen LogP contribution < -0.4 is 4.74 Å². The third-order valence-electron chi connectivity index (χ3n) is 5.02. The number of alkyl halides is 3. The molecule has 0 bridgehead atoms. The molecule has 2 aromatic carbocycles. The molecule has 2 N–H and O–H groups in total. The highest BCUT2D eigenvalue weighted by Gasteiger charge is 2.34. The minimum atomic E-state index is -4.37. The normalized spacial score (nSPS) is 18.8. The molecule has 4 nitrogen and oxygen atoms in total. The summed E-state index contributed by atoms with van der Waals surface area (Å²) in [5.74, 6) is -1.69. The number of hydrogen-bond donors (Lipinski definition) is 2. The summed E-state index contributed by atoms with van der Waals surface area (Å²) in [6.07, 6.45) is -0.518. The Morgan fingerprint density at radius 1 is 1.20 bits per heavy atom. The number of hydrogen-bond acceptors (Lipinski definition) is 3. The summed E-state index contributed by atoms with van der Waals surface area (Å²) in [6, 6.07) is 10.0. The molecule has 0 spiro atoms. The average molecular weight is 418 g/mol. The number of halogens is 3. The zero-order valence-corrected chi connectivity index (χ0v) is 16.4. The molecule has 2 aromatic rings. The van der Waals surface area contributed by atoms with Crippen LogP contribution in [-0.2, 0) is 6.61 Å². The molecule has 0 heterocycles. The third kappa shape index (κ3) is 4.67. The maximum Gasteiger partial charge on any atom is 0.416 e. The number of benzene rings is 2. The van der Waals surface area contributed by atoms with Gasteiger partial charge in [0.2, 0.25) is 0 Å². The highest BCUT2D eigenvalue weighted by molar-refractivity contribution is 5.91. The number of carboxylic acids is 1. The minimum Gasteiger partial charge on any atom is -0.507 e. The van der Waals surface area contributed by atoms with Gasteiger partial charge in [0.15, 0.2) is 0 Å². The lowest BCUT2D eigenvalue weighted by atomic mass is 9.82. The van der Waals surface area contributed by atoms with Crippen molar-refractivity contribution in [1.29, 1.82) is 0 Å². The number of carboxylic acid groups (broad SMARTS) is 1. The second kappa shape index (κ2) is 8.26. The monoisotopic (exact) mass is 418 g/mol. The second-order valence-electron chi connectivity index (χ2n) is 7.35. The Hall–Kier alpha value is -3.22. The number of phenols is 1. The van der Waals surface area contributed by atoms with Crippen LogP contribution in [0, 0.1) is 12.8 Å². The number of aromatic hydroxyl groups is 1. The van der Waals surface area contributed by atoms with Gasteiger partial charge in [0.25, 0.3) is 0 Å². The summed E-state index contributed by atoms with van der Waals surface area (Å²) in [4.78, 5) is 11.3. The molecule has 0 amide bonds. The fourth-order valence-electron chi connectivity index (χ4n) is 3.53. The number of rotatable bonds is 5. The van der Waals surface area contributed by atoms with Gasteiger partial charge in [-0.3, -0.25) is 0 Å². The number of allylic oxidation sites excluding steroid dienone is 4. The molecular formula is C23H21F3O4. The van der Waals surface area contributed by atoms with Crippen molar-refractivity contribution in [3.8, 4) is 11.5 Å². The van der Waals surface area contributed by atoms with Crippen LogP contribution in [0.4, 0.5) is 13.2 Å². The number of carbonyl (C=O) groups is 1. The van der Waals surface area contributed by atoms with E-state index in [9.17, 15) is 28.2 Å². The van der Waals surface area contributed by atoms with Gasteiger partial charge in [0.05, 0.1) is 5.57 Å². The fourth-order valence-corrected chi connectivity index (χ4v) is 3.53. The van der Waals surface area contributed by atoms with Crippen LogP contribution in [-0.4, -0.2) is 22.4 Å². The van der Waals surface area contributed by atoms with Gasteiger partial charge >= 0.3 is 12.1 Å². The Bertz CT molecular complexity index is 1020.